The first-order valence-corrected chi connectivity index (χ1v) is 7.29. The number of unbranched alkanes of at least 4 members (excludes halogenated alkanes) is 2. The van der Waals surface area contributed by atoms with Gasteiger partial charge in [0.05, 0.1) is 34.2 Å². The van der Waals surface area contributed by atoms with Gasteiger partial charge in [-0.05, 0) is 6.42 Å². The van der Waals surface area contributed by atoms with Gasteiger partial charge in [0.2, 0.25) is 5.60 Å². The molecule has 8 heteroatoms. The smallest absolute Gasteiger partial charge is 0.351 e. The quantitative estimate of drug-likeness (QED) is 0.333. The Hall–Kier alpha value is -2.12. The van der Waals surface area contributed by atoms with Gasteiger partial charge in [-0.1, -0.05) is 19.8 Å². The van der Waals surface area contributed by atoms with Crippen LogP contribution in [0.5, 0.6) is 0 Å². The molecule has 0 saturated heterocycles. The molecule has 132 valence electrons. The average Bonchev–Trinajstić information content (AvgIpc) is 2.53. The van der Waals surface area contributed by atoms with Gasteiger partial charge in [-0.15, -0.1) is 0 Å². The predicted octanol–water partition coefficient (Wildman–Crippen LogP) is 1.15. The molecule has 0 aliphatic rings. The molecule has 23 heavy (non-hydrogen) atoms. The van der Waals surface area contributed by atoms with Crippen LogP contribution in [0.2, 0.25) is 0 Å². The van der Waals surface area contributed by atoms with E-state index in [2.05, 4.69) is 14.2 Å². The molecule has 0 aromatic rings. The van der Waals surface area contributed by atoms with Crippen LogP contribution in [0.3, 0.4) is 0 Å². The fraction of sp³-hybridized carbons (Fsp3) is 0.733. The maximum atomic E-state index is 12.1. The lowest BCUT2D eigenvalue weighted by Gasteiger charge is -2.28. The lowest BCUT2D eigenvalue weighted by atomic mass is 9.95. The number of rotatable bonds is 10. The van der Waals surface area contributed by atoms with Crippen LogP contribution < -0.4 is 0 Å². The Labute approximate surface area is 135 Å². The second-order valence-corrected chi connectivity index (χ2v) is 4.92. The molecule has 0 amide bonds. The molecule has 0 aromatic carbocycles. The SMILES string of the molecule is CCCCCC(=O)OC(CC(=O)OC)(CC(=O)OC)C(=O)OC. The van der Waals surface area contributed by atoms with E-state index in [0.29, 0.717) is 6.42 Å². The maximum absolute atomic E-state index is 12.1. The minimum Gasteiger partial charge on any atom is -0.469 e. The first kappa shape index (κ1) is 20.9. The van der Waals surface area contributed by atoms with Crippen LogP contribution in [0, 0.1) is 0 Å². The molecule has 0 spiro atoms. The molecule has 0 rings (SSSR count). The van der Waals surface area contributed by atoms with E-state index in [1.807, 2.05) is 6.92 Å². The number of hydrogen-bond donors (Lipinski definition) is 0. The lowest BCUT2D eigenvalue weighted by Crippen LogP contribution is -2.48. The Balaban J connectivity index is 5.33. The van der Waals surface area contributed by atoms with E-state index in [1.165, 1.54) is 0 Å². The molecule has 0 unspecified atom stereocenters. The highest BCUT2D eigenvalue weighted by molar-refractivity contribution is 5.92. The van der Waals surface area contributed by atoms with Gasteiger partial charge in [0, 0.05) is 6.42 Å². The van der Waals surface area contributed by atoms with Crippen LogP contribution >= 0.6 is 0 Å². The minimum absolute atomic E-state index is 0.0644. The summed E-state index contributed by atoms with van der Waals surface area (Å²) < 4.78 is 18.8. The van der Waals surface area contributed by atoms with E-state index >= 15 is 0 Å². The Morgan fingerprint density at radius 1 is 0.783 bits per heavy atom. The summed E-state index contributed by atoms with van der Waals surface area (Å²) in [5, 5.41) is 0. The van der Waals surface area contributed by atoms with E-state index in [9.17, 15) is 19.2 Å². The van der Waals surface area contributed by atoms with Gasteiger partial charge >= 0.3 is 23.9 Å². The van der Waals surface area contributed by atoms with E-state index in [-0.39, 0.29) is 6.42 Å². The van der Waals surface area contributed by atoms with E-state index in [0.717, 1.165) is 34.2 Å². The summed E-state index contributed by atoms with van der Waals surface area (Å²) in [6.07, 6.45) is 1.08. The summed E-state index contributed by atoms with van der Waals surface area (Å²) in [6, 6.07) is 0. The zero-order valence-electron chi connectivity index (χ0n) is 14.0. The van der Waals surface area contributed by atoms with E-state index in [4.69, 9.17) is 4.74 Å². The van der Waals surface area contributed by atoms with Crippen LogP contribution in [0.4, 0.5) is 0 Å². The molecular weight excluding hydrogens is 308 g/mol. The molecule has 0 fully saturated rings. The van der Waals surface area contributed by atoms with Crippen molar-refractivity contribution in [3.05, 3.63) is 0 Å². The number of esters is 4. The summed E-state index contributed by atoms with van der Waals surface area (Å²) in [6.45, 7) is 1.97. The second kappa shape index (κ2) is 10.6. The Morgan fingerprint density at radius 3 is 1.70 bits per heavy atom. The van der Waals surface area contributed by atoms with Crippen molar-refractivity contribution in [3.8, 4) is 0 Å². The zero-order chi connectivity index (χ0) is 17.9. The van der Waals surface area contributed by atoms with Crippen LogP contribution in [0.15, 0.2) is 0 Å². The normalized spacial score (nSPS) is 10.6. The summed E-state index contributed by atoms with van der Waals surface area (Å²) in [7, 11) is 3.30. The highest BCUT2D eigenvalue weighted by atomic mass is 16.6. The molecule has 0 saturated carbocycles. The molecular formula is C15H24O8. The van der Waals surface area contributed by atoms with Crippen molar-refractivity contribution in [1.29, 1.82) is 0 Å². The van der Waals surface area contributed by atoms with Crippen LogP contribution in [-0.4, -0.2) is 50.8 Å². The minimum atomic E-state index is -2.09. The molecule has 0 aromatic heterocycles. The summed E-state index contributed by atoms with van der Waals surface area (Å²) in [5.74, 6) is -3.35. The number of methoxy groups -OCH3 is 3. The molecule has 0 heterocycles. The van der Waals surface area contributed by atoms with Gasteiger partial charge in [-0.2, -0.15) is 0 Å². The van der Waals surface area contributed by atoms with Gasteiger partial charge < -0.3 is 18.9 Å². The van der Waals surface area contributed by atoms with E-state index in [1.54, 1.807) is 0 Å². The molecule has 0 aliphatic carbocycles. The van der Waals surface area contributed by atoms with Gasteiger partial charge in [0.15, 0.2) is 0 Å². The number of carbonyl (C=O) groups is 4. The van der Waals surface area contributed by atoms with Crippen molar-refractivity contribution in [1.82, 2.24) is 0 Å². The van der Waals surface area contributed by atoms with Gasteiger partial charge in [0.1, 0.15) is 0 Å². The fourth-order valence-electron chi connectivity index (χ4n) is 1.91. The number of carbonyl (C=O) groups excluding carboxylic acids is 4. The molecule has 0 atom stereocenters. The highest BCUT2D eigenvalue weighted by Crippen LogP contribution is 2.25. The summed E-state index contributed by atoms with van der Waals surface area (Å²) in [5.41, 5.74) is -2.09. The third-order valence-corrected chi connectivity index (χ3v) is 3.17. The summed E-state index contributed by atoms with van der Waals surface area (Å²) in [4.78, 5) is 47.2. The maximum Gasteiger partial charge on any atom is 0.351 e. The zero-order valence-corrected chi connectivity index (χ0v) is 14.0. The topological polar surface area (TPSA) is 105 Å². The highest BCUT2D eigenvalue weighted by Gasteiger charge is 2.48. The third-order valence-electron chi connectivity index (χ3n) is 3.17. The van der Waals surface area contributed by atoms with Crippen LogP contribution in [-0.2, 0) is 38.1 Å². The standard InChI is InChI=1S/C15H24O8/c1-5-6-7-8-11(16)23-15(14(19)22-4,9-12(17)20-2)10-13(18)21-3/h5-10H2,1-4H3. The van der Waals surface area contributed by atoms with E-state index < -0.39 is 42.3 Å². The number of ether oxygens (including phenoxy) is 4. The first-order valence-electron chi connectivity index (χ1n) is 7.29. The van der Waals surface area contributed by atoms with Crippen molar-refractivity contribution < 1.29 is 38.1 Å². The lowest BCUT2D eigenvalue weighted by molar-refractivity contribution is -0.189. The molecule has 0 bridgehead atoms. The third kappa shape index (κ3) is 7.12. The monoisotopic (exact) mass is 332 g/mol. The van der Waals surface area contributed by atoms with Gasteiger partial charge in [-0.3, -0.25) is 14.4 Å². The molecule has 8 nitrogen and oxygen atoms in total. The van der Waals surface area contributed by atoms with Crippen molar-refractivity contribution in [2.24, 2.45) is 0 Å². The molecule has 0 aliphatic heterocycles. The van der Waals surface area contributed by atoms with Gasteiger partial charge in [0.25, 0.3) is 0 Å². The molecule has 0 radical (unpaired) electrons. The second-order valence-electron chi connectivity index (χ2n) is 4.92. The van der Waals surface area contributed by atoms with Crippen molar-refractivity contribution in [2.75, 3.05) is 21.3 Å². The average molecular weight is 332 g/mol. The Bertz CT molecular complexity index is 411. The fourth-order valence-corrected chi connectivity index (χ4v) is 1.91. The predicted molar refractivity (Wildman–Crippen MR) is 78.2 cm³/mol. The Morgan fingerprint density at radius 2 is 1.30 bits per heavy atom. The van der Waals surface area contributed by atoms with Crippen molar-refractivity contribution >= 4 is 23.9 Å². The number of hydrogen-bond acceptors (Lipinski definition) is 8. The summed E-state index contributed by atoms with van der Waals surface area (Å²) >= 11 is 0. The molecule has 0 N–H and O–H groups in total. The van der Waals surface area contributed by atoms with Crippen LogP contribution in [0.25, 0.3) is 0 Å². The van der Waals surface area contributed by atoms with Gasteiger partial charge in [-0.25, -0.2) is 4.79 Å². The van der Waals surface area contributed by atoms with Crippen molar-refractivity contribution in [2.45, 2.75) is 51.0 Å². The first-order chi connectivity index (χ1) is 10.8. The Kier molecular flexibility index (Phi) is 9.60. The van der Waals surface area contributed by atoms with Crippen molar-refractivity contribution in [3.63, 3.8) is 0 Å². The van der Waals surface area contributed by atoms with Crippen LogP contribution in [0.1, 0.15) is 45.4 Å². The largest absolute Gasteiger partial charge is 0.469 e.